The molecular weight excluding hydrogens is 381 g/mol. The fraction of sp³-hybridized carbons (Fsp3) is 0.400. The van der Waals surface area contributed by atoms with E-state index in [1.807, 2.05) is 11.9 Å². The molecule has 2 aromatic rings. The molecule has 3 N–H and O–H groups in total. The zero-order valence-corrected chi connectivity index (χ0v) is 16.8. The first-order valence-electron chi connectivity index (χ1n) is 9.20. The maximum Gasteiger partial charge on any atom is 0.251 e. The SMILES string of the molecule is CC(C(=O)Nc1sc2c(c1C(N)=O)CCC2)N(C)CCOc1cccc(F)c1. The number of fused-ring (bicyclic) bond motifs is 1. The Labute approximate surface area is 167 Å². The van der Waals surface area contributed by atoms with Crippen LogP contribution in [-0.4, -0.2) is 43.0 Å². The number of nitrogens with zero attached hydrogens (tertiary/aromatic N) is 1. The number of thiophene rings is 1. The van der Waals surface area contributed by atoms with Gasteiger partial charge in [0.15, 0.2) is 0 Å². The molecule has 1 atom stereocenters. The summed E-state index contributed by atoms with van der Waals surface area (Å²) in [5.41, 5.74) is 6.98. The van der Waals surface area contributed by atoms with E-state index in [2.05, 4.69) is 5.32 Å². The average Bonchev–Trinajstić information content (AvgIpc) is 3.21. The molecule has 1 aromatic carbocycles. The summed E-state index contributed by atoms with van der Waals surface area (Å²) in [4.78, 5) is 27.5. The number of primary amides is 1. The molecule has 1 heterocycles. The molecule has 0 fully saturated rings. The van der Waals surface area contributed by atoms with Gasteiger partial charge >= 0.3 is 0 Å². The van der Waals surface area contributed by atoms with Gasteiger partial charge in [0.05, 0.1) is 11.6 Å². The number of halogens is 1. The minimum Gasteiger partial charge on any atom is -0.492 e. The summed E-state index contributed by atoms with van der Waals surface area (Å²) in [7, 11) is 1.81. The van der Waals surface area contributed by atoms with E-state index < -0.39 is 11.9 Å². The Hall–Kier alpha value is -2.45. The van der Waals surface area contributed by atoms with Gasteiger partial charge in [-0.1, -0.05) is 6.07 Å². The van der Waals surface area contributed by atoms with Gasteiger partial charge in [-0.2, -0.15) is 0 Å². The lowest BCUT2D eigenvalue weighted by molar-refractivity contribution is -0.120. The third-order valence-electron chi connectivity index (χ3n) is 4.95. The van der Waals surface area contributed by atoms with Gasteiger partial charge in [-0.25, -0.2) is 4.39 Å². The van der Waals surface area contributed by atoms with Crippen LogP contribution in [-0.2, 0) is 17.6 Å². The molecule has 1 aromatic heterocycles. The van der Waals surface area contributed by atoms with Crippen molar-refractivity contribution in [1.29, 1.82) is 0 Å². The summed E-state index contributed by atoms with van der Waals surface area (Å²) in [5, 5.41) is 3.40. The van der Waals surface area contributed by atoms with Gasteiger partial charge in [-0.05, 0) is 50.9 Å². The Bertz CT molecular complexity index is 884. The number of rotatable bonds is 8. The zero-order valence-electron chi connectivity index (χ0n) is 16.0. The Morgan fingerprint density at radius 2 is 2.18 bits per heavy atom. The lowest BCUT2D eigenvalue weighted by atomic mass is 10.1. The first-order chi connectivity index (χ1) is 13.4. The second-order valence-electron chi connectivity index (χ2n) is 6.88. The predicted octanol–water partition coefficient (Wildman–Crippen LogP) is 2.81. The molecule has 0 spiro atoms. The monoisotopic (exact) mass is 405 g/mol. The Kier molecular flexibility index (Phi) is 6.31. The largest absolute Gasteiger partial charge is 0.492 e. The molecule has 2 amide bonds. The molecule has 8 heteroatoms. The van der Waals surface area contributed by atoms with Crippen LogP contribution in [0.1, 0.15) is 34.1 Å². The Morgan fingerprint density at radius 1 is 1.39 bits per heavy atom. The van der Waals surface area contributed by atoms with Crippen LogP contribution in [0.5, 0.6) is 5.75 Å². The quantitative estimate of drug-likeness (QED) is 0.707. The van der Waals surface area contributed by atoms with Crippen LogP contribution in [0, 0.1) is 5.82 Å². The van der Waals surface area contributed by atoms with Gasteiger partial charge in [0, 0.05) is 17.5 Å². The summed E-state index contributed by atoms with van der Waals surface area (Å²) in [6.45, 7) is 2.58. The van der Waals surface area contributed by atoms with Crippen LogP contribution in [0.25, 0.3) is 0 Å². The first kappa shape index (κ1) is 20.3. The highest BCUT2D eigenvalue weighted by molar-refractivity contribution is 7.17. The molecule has 1 aliphatic carbocycles. The Balaban J connectivity index is 1.56. The van der Waals surface area contributed by atoms with Gasteiger partial charge < -0.3 is 15.8 Å². The minimum absolute atomic E-state index is 0.212. The summed E-state index contributed by atoms with van der Waals surface area (Å²) >= 11 is 1.44. The molecule has 1 aliphatic rings. The highest BCUT2D eigenvalue weighted by atomic mass is 32.1. The van der Waals surface area contributed by atoms with Crippen LogP contribution in [0.4, 0.5) is 9.39 Å². The highest BCUT2D eigenvalue weighted by Gasteiger charge is 2.27. The van der Waals surface area contributed by atoms with E-state index in [1.165, 1.54) is 23.5 Å². The standard InChI is InChI=1S/C20H24FN3O3S/c1-12(24(2)9-10-27-14-6-3-5-13(21)11-14)19(26)23-20-17(18(22)25)15-7-4-8-16(15)28-20/h3,5-6,11-12H,4,7-10H2,1-2H3,(H2,22,25)(H,23,26). The minimum atomic E-state index is -0.501. The van der Waals surface area contributed by atoms with Crippen molar-refractivity contribution in [2.45, 2.75) is 32.2 Å². The summed E-state index contributed by atoms with van der Waals surface area (Å²) in [6, 6.07) is 5.50. The topological polar surface area (TPSA) is 84.7 Å². The summed E-state index contributed by atoms with van der Waals surface area (Å²) in [5.74, 6) is -0.619. The predicted molar refractivity (Wildman–Crippen MR) is 107 cm³/mol. The van der Waals surface area contributed by atoms with Crippen molar-refractivity contribution in [2.75, 3.05) is 25.5 Å². The number of hydrogen-bond donors (Lipinski definition) is 2. The summed E-state index contributed by atoms with van der Waals surface area (Å²) in [6.07, 6.45) is 2.76. The number of carbonyl (C=O) groups is 2. The second kappa shape index (κ2) is 8.70. The van der Waals surface area contributed by atoms with Gasteiger partial charge in [0.1, 0.15) is 23.2 Å². The fourth-order valence-electron chi connectivity index (χ4n) is 3.23. The molecular formula is C20H24FN3O3S. The molecule has 28 heavy (non-hydrogen) atoms. The third kappa shape index (κ3) is 4.51. The van der Waals surface area contributed by atoms with E-state index in [0.29, 0.717) is 29.5 Å². The molecule has 0 saturated heterocycles. The zero-order chi connectivity index (χ0) is 20.3. The number of aryl methyl sites for hydroxylation is 1. The van der Waals surface area contributed by atoms with Crippen LogP contribution >= 0.6 is 11.3 Å². The van der Waals surface area contributed by atoms with Crippen molar-refractivity contribution >= 4 is 28.2 Å². The normalized spacial score (nSPS) is 14.0. The molecule has 0 radical (unpaired) electrons. The molecule has 6 nitrogen and oxygen atoms in total. The van der Waals surface area contributed by atoms with Crippen molar-refractivity contribution in [2.24, 2.45) is 5.73 Å². The molecule has 1 unspecified atom stereocenters. The number of nitrogens with one attached hydrogen (secondary N) is 1. The number of nitrogens with two attached hydrogens (primary N) is 1. The molecule has 3 rings (SSSR count). The number of carbonyl (C=O) groups excluding carboxylic acids is 2. The highest BCUT2D eigenvalue weighted by Crippen LogP contribution is 2.38. The first-order valence-corrected chi connectivity index (χ1v) is 10.0. The lowest BCUT2D eigenvalue weighted by Crippen LogP contribution is -2.41. The lowest BCUT2D eigenvalue weighted by Gasteiger charge is -2.23. The number of likely N-dealkylation sites (N-methyl/N-ethyl adjacent to an activating group) is 1. The maximum absolute atomic E-state index is 13.2. The fourth-order valence-corrected chi connectivity index (χ4v) is 4.53. The van der Waals surface area contributed by atoms with Crippen molar-refractivity contribution < 1.29 is 18.7 Å². The van der Waals surface area contributed by atoms with Crippen LogP contribution in [0.2, 0.25) is 0 Å². The van der Waals surface area contributed by atoms with Crippen LogP contribution in [0.3, 0.4) is 0 Å². The molecule has 0 saturated carbocycles. The number of anilines is 1. The molecule has 0 bridgehead atoms. The smallest absolute Gasteiger partial charge is 0.251 e. The summed E-state index contributed by atoms with van der Waals surface area (Å²) < 4.78 is 18.7. The number of hydrogen-bond acceptors (Lipinski definition) is 5. The van der Waals surface area contributed by atoms with E-state index >= 15 is 0 Å². The van der Waals surface area contributed by atoms with Crippen molar-refractivity contribution in [3.05, 3.63) is 46.1 Å². The van der Waals surface area contributed by atoms with E-state index in [0.717, 1.165) is 29.7 Å². The third-order valence-corrected chi connectivity index (χ3v) is 6.16. The number of ether oxygens (including phenoxy) is 1. The van der Waals surface area contributed by atoms with Gasteiger partial charge in [-0.15, -0.1) is 11.3 Å². The van der Waals surface area contributed by atoms with E-state index in [9.17, 15) is 14.0 Å². The number of amides is 2. The molecule has 0 aliphatic heterocycles. The van der Waals surface area contributed by atoms with Crippen molar-refractivity contribution in [3.63, 3.8) is 0 Å². The van der Waals surface area contributed by atoms with Gasteiger partial charge in [0.25, 0.3) is 5.91 Å². The average molecular weight is 405 g/mol. The van der Waals surface area contributed by atoms with Gasteiger partial charge in [-0.3, -0.25) is 14.5 Å². The maximum atomic E-state index is 13.2. The van der Waals surface area contributed by atoms with E-state index in [4.69, 9.17) is 10.5 Å². The van der Waals surface area contributed by atoms with Gasteiger partial charge in [0.2, 0.25) is 5.91 Å². The Morgan fingerprint density at radius 3 is 2.89 bits per heavy atom. The number of benzene rings is 1. The van der Waals surface area contributed by atoms with Crippen molar-refractivity contribution in [1.82, 2.24) is 4.90 Å². The second-order valence-corrected chi connectivity index (χ2v) is 7.98. The van der Waals surface area contributed by atoms with E-state index in [1.54, 1.807) is 19.1 Å². The molecule has 150 valence electrons. The van der Waals surface area contributed by atoms with Crippen LogP contribution < -0.4 is 15.8 Å². The van der Waals surface area contributed by atoms with E-state index in [-0.39, 0.29) is 11.7 Å². The van der Waals surface area contributed by atoms with Crippen LogP contribution in [0.15, 0.2) is 24.3 Å². The van der Waals surface area contributed by atoms with Crippen molar-refractivity contribution in [3.8, 4) is 5.75 Å².